The standard InChI is InChI=1S/C32H35FN8/c1-7-9-26(22-12-21(13-24(33)14-22)10-8-11-40(3)4)30-20(2)36-32(37-30)31-27-16-28(35-19-29(27)38-39-31)23-15-25(41(5)6)18-34-17-23/h7,9,12-19H,1,8,10-11H2,2-6H3,(H,36,37)(H,38,39)/b26-9-. The van der Waals surface area contributed by atoms with Gasteiger partial charge >= 0.3 is 0 Å². The summed E-state index contributed by atoms with van der Waals surface area (Å²) in [6.07, 6.45) is 10.7. The van der Waals surface area contributed by atoms with Crippen molar-refractivity contribution in [1.82, 2.24) is 35.0 Å². The topological polar surface area (TPSA) is 89.6 Å². The molecule has 8 nitrogen and oxygen atoms in total. The van der Waals surface area contributed by atoms with Gasteiger partial charge in [0.15, 0.2) is 5.82 Å². The molecular formula is C32H35FN8. The van der Waals surface area contributed by atoms with Crippen LogP contribution in [0.2, 0.25) is 0 Å². The fourth-order valence-electron chi connectivity index (χ4n) is 4.88. The molecule has 2 N–H and O–H groups in total. The Bertz CT molecular complexity index is 1730. The predicted molar refractivity (Wildman–Crippen MR) is 164 cm³/mol. The summed E-state index contributed by atoms with van der Waals surface area (Å²) in [5, 5.41) is 8.52. The first-order valence-corrected chi connectivity index (χ1v) is 13.5. The van der Waals surface area contributed by atoms with Gasteiger partial charge in [-0.15, -0.1) is 0 Å². The summed E-state index contributed by atoms with van der Waals surface area (Å²) in [6, 6.07) is 9.25. The number of fused-ring (bicyclic) bond motifs is 1. The van der Waals surface area contributed by atoms with Gasteiger partial charge in [-0.25, -0.2) is 9.37 Å². The van der Waals surface area contributed by atoms with Gasteiger partial charge in [0.2, 0.25) is 0 Å². The summed E-state index contributed by atoms with van der Waals surface area (Å²) in [6.45, 7) is 6.80. The van der Waals surface area contributed by atoms with E-state index in [2.05, 4.69) is 42.7 Å². The summed E-state index contributed by atoms with van der Waals surface area (Å²) < 4.78 is 14.8. The van der Waals surface area contributed by atoms with Crippen molar-refractivity contribution in [1.29, 1.82) is 0 Å². The third-order valence-corrected chi connectivity index (χ3v) is 6.97. The van der Waals surface area contributed by atoms with Crippen molar-refractivity contribution in [2.45, 2.75) is 19.8 Å². The van der Waals surface area contributed by atoms with Crippen LogP contribution in [-0.2, 0) is 6.42 Å². The highest BCUT2D eigenvalue weighted by Crippen LogP contribution is 2.32. The molecule has 0 saturated carbocycles. The van der Waals surface area contributed by atoms with Gasteiger partial charge in [0.05, 0.1) is 35.0 Å². The van der Waals surface area contributed by atoms with Gasteiger partial charge in [0.1, 0.15) is 11.5 Å². The molecule has 0 fully saturated rings. The van der Waals surface area contributed by atoms with Crippen molar-refractivity contribution in [3.05, 3.63) is 96.0 Å². The Morgan fingerprint density at radius 3 is 2.63 bits per heavy atom. The molecule has 1 aromatic carbocycles. The van der Waals surface area contributed by atoms with Gasteiger partial charge < -0.3 is 14.8 Å². The highest BCUT2D eigenvalue weighted by Gasteiger charge is 2.19. The van der Waals surface area contributed by atoms with E-state index in [1.54, 1.807) is 30.6 Å². The maximum absolute atomic E-state index is 14.8. The number of nitrogens with one attached hydrogen (secondary N) is 2. The van der Waals surface area contributed by atoms with Crippen molar-refractivity contribution < 1.29 is 4.39 Å². The number of aromatic nitrogens is 6. The van der Waals surface area contributed by atoms with Crippen LogP contribution in [0.3, 0.4) is 0 Å². The minimum atomic E-state index is -0.267. The van der Waals surface area contributed by atoms with Crippen LogP contribution in [0.5, 0.6) is 0 Å². The third-order valence-electron chi connectivity index (χ3n) is 6.97. The lowest BCUT2D eigenvalue weighted by molar-refractivity contribution is 0.400. The molecule has 41 heavy (non-hydrogen) atoms. The predicted octanol–water partition coefficient (Wildman–Crippen LogP) is 6.04. The van der Waals surface area contributed by atoms with Crippen molar-refractivity contribution in [3.63, 3.8) is 0 Å². The third kappa shape index (κ3) is 6.10. The van der Waals surface area contributed by atoms with Crippen molar-refractivity contribution in [2.75, 3.05) is 39.6 Å². The SMILES string of the molecule is C=C/C=C(/c1cc(F)cc(CCCN(C)C)c1)c1nc(-c2n[nH]c3cnc(-c4cncc(N(C)C)c4)cc23)[nH]c1C. The number of aromatic amines is 2. The Labute approximate surface area is 239 Å². The molecule has 0 aliphatic carbocycles. The van der Waals surface area contributed by atoms with Crippen molar-refractivity contribution in [3.8, 4) is 22.8 Å². The maximum atomic E-state index is 14.8. The number of rotatable bonds is 10. The molecule has 0 radical (unpaired) electrons. The summed E-state index contributed by atoms with van der Waals surface area (Å²) >= 11 is 0. The number of halogens is 1. The number of imidazole rings is 1. The Morgan fingerprint density at radius 2 is 1.88 bits per heavy atom. The zero-order valence-corrected chi connectivity index (χ0v) is 24.2. The molecule has 9 heteroatoms. The largest absolute Gasteiger partial charge is 0.376 e. The lowest BCUT2D eigenvalue weighted by Crippen LogP contribution is -2.13. The smallest absolute Gasteiger partial charge is 0.159 e. The number of hydrogen-bond donors (Lipinski definition) is 2. The number of anilines is 1. The van der Waals surface area contributed by atoms with E-state index >= 15 is 0 Å². The number of pyridine rings is 2. The van der Waals surface area contributed by atoms with Crippen LogP contribution in [0.15, 0.2) is 67.7 Å². The van der Waals surface area contributed by atoms with Gasteiger partial charge in [-0.05, 0) is 75.8 Å². The molecule has 0 saturated heterocycles. The number of nitrogens with zero attached hydrogens (tertiary/aromatic N) is 6. The first-order valence-electron chi connectivity index (χ1n) is 13.5. The van der Waals surface area contributed by atoms with E-state index in [9.17, 15) is 4.39 Å². The summed E-state index contributed by atoms with van der Waals surface area (Å²) in [7, 11) is 8.04. The molecule has 5 rings (SSSR count). The molecule has 0 amide bonds. The Kier molecular flexibility index (Phi) is 8.07. The van der Waals surface area contributed by atoms with Gasteiger partial charge in [0.25, 0.3) is 0 Å². The van der Waals surface area contributed by atoms with Crippen LogP contribution in [0.4, 0.5) is 10.1 Å². The van der Waals surface area contributed by atoms with E-state index in [4.69, 9.17) is 4.98 Å². The second kappa shape index (κ2) is 11.9. The van der Waals surface area contributed by atoms with E-state index in [1.165, 1.54) is 0 Å². The molecular weight excluding hydrogens is 515 g/mol. The summed E-state index contributed by atoms with van der Waals surface area (Å²) in [5.41, 5.74) is 8.23. The lowest BCUT2D eigenvalue weighted by Gasteiger charge is -2.12. The zero-order chi connectivity index (χ0) is 29.1. The van der Waals surface area contributed by atoms with Gasteiger partial charge in [0, 0.05) is 42.5 Å². The highest BCUT2D eigenvalue weighted by atomic mass is 19.1. The first kappa shape index (κ1) is 27.9. The fraction of sp³-hybridized carbons (Fsp3) is 0.250. The number of benzene rings is 1. The number of H-pyrrole nitrogens is 2. The van der Waals surface area contributed by atoms with E-state index < -0.39 is 0 Å². The van der Waals surface area contributed by atoms with Crippen molar-refractivity contribution in [2.24, 2.45) is 0 Å². The number of hydrogen-bond acceptors (Lipinski definition) is 6. The normalized spacial score (nSPS) is 11.9. The van der Waals surface area contributed by atoms with E-state index in [1.807, 2.05) is 64.4 Å². The summed E-state index contributed by atoms with van der Waals surface area (Å²) in [5.74, 6) is 0.343. The molecule has 0 aliphatic heterocycles. The van der Waals surface area contributed by atoms with E-state index in [0.717, 1.165) is 75.3 Å². The van der Waals surface area contributed by atoms with Crippen LogP contribution < -0.4 is 4.90 Å². The molecule has 0 aliphatic rings. The van der Waals surface area contributed by atoms with Crippen LogP contribution in [-0.4, -0.2) is 69.8 Å². The van der Waals surface area contributed by atoms with Crippen LogP contribution in [0.1, 0.15) is 28.9 Å². The van der Waals surface area contributed by atoms with E-state index in [-0.39, 0.29) is 5.82 Å². The monoisotopic (exact) mass is 550 g/mol. The quantitative estimate of drug-likeness (QED) is 0.206. The Morgan fingerprint density at radius 1 is 1.05 bits per heavy atom. The molecule has 210 valence electrons. The second-order valence-corrected chi connectivity index (χ2v) is 10.6. The van der Waals surface area contributed by atoms with Gasteiger partial charge in [-0.2, -0.15) is 5.10 Å². The van der Waals surface area contributed by atoms with Gasteiger partial charge in [-0.3, -0.25) is 15.1 Å². The molecule has 4 heterocycles. The Balaban J connectivity index is 1.52. The molecule has 0 atom stereocenters. The highest BCUT2D eigenvalue weighted by molar-refractivity contribution is 5.93. The maximum Gasteiger partial charge on any atom is 0.159 e. The first-order chi connectivity index (χ1) is 19.7. The fourth-order valence-corrected chi connectivity index (χ4v) is 4.88. The van der Waals surface area contributed by atoms with Crippen LogP contribution >= 0.6 is 0 Å². The molecule has 0 unspecified atom stereocenters. The zero-order valence-electron chi connectivity index (χ0n) is 24.2. The van der Waals surface area contributed by atoms with Crippen LogP contribution in [0, 0.1) is 12.7 Å². The lowest BCUT2D eigenvalue weighted by atomic mass is 9.97. The molecule has 0 spiro atoms. The van der Waals surface area contributed by atoms with Crippen LogP contribution in [0.25, 0.3) is 39.3 Å². The average Bonchev–Trinajstić information content (AvgIpc) is 3.54. The van der Waals surface area contributed by atoms with E-state index in [0.29, 0.717) is 11.5 Å². The second-order valence-electron chi connectivity index (χ2n) is 10.6. The minimum absolute atomic E-state index is 0.267. The number of allylic oxidation sites excluding steroid dienone is 2. The average molecular weight is 551 g/mol. The molecule has 5 aromatic rings. The molecule has 4 aromatic heterocycles. The Hall–Kier alpha value is -4.63. The van der Waals surface area contributed by atoms with Gasteiger partial charge in [-0.1, -0.05) is 24.8 Å². The minimum Gasteiger partial charge on any atom is -0.376 e. The number of aryl methyl sites for hydroxylation is 2. The van der Waals surface area contributed by atoms with Crippen molar-refractivity contribution >= 4 is 22.2 Å². The summed E-state index contributed by atoms with van der Waals surface area (Å²) in [4.78, 5) is 21.5. The molecule has 0 bridgehead atoms.